The van der Waals surface area contributed by atoms with E-state index in [4.69, 9.17) is 4.74 Å². The van der Waals surface area contributed by atoms with Gasteiger partial charge in [-0.15, -0.1) is 0 Å². The van der Waals surface area contributed by atoms with Crippen LogP contribution in [-0.2, 0) is 11.5 Å². The molecule has 232 valence electrons. The number of benzene rings is 2. The molecule has 0 aliphatic rings. The summed E-state index contributed by atoms with van der Waals surface area (Å²) in [7, 11) is -1.13. The number of aromatic nitrogens is 6. The molecule has 9 nitrogen and oxygen atoms in total. The van der Waals surface area contributed by atoms with Crippen molar-refractivity contribution in [1.82, 2.24) is 29.5 Å². The van der Waals surface area contributed by atoms with Crippen molar-refractivity contribution in [2.24, 2.45) is 0 Å². The van der Waals surface area contributed by atoms with E-state index in [-0.39, 0.29) is 0 Å². The molecule has 46 heavy (non-hydrogen) atoms. The molecule has 0 aliphatic heterocycles. The van der Waals surface area contributed by atoms with Crippen molar-refractivity contribution in [1.29, 1.82) is 10.5 Å². The van der Waals surface area contributed by atoms with Crippen molar-refractivity contribution in [3.8, 4) is 34.7 Å². The predicted octanol–water partition coefficient (Wildman–Crippen LogP) is 8.01. The van der Waals surface area contributed by atoms with E-state index in [1.807, 2.05) is 16.8 Å². The average molecular weight is 627 g/mol. The maximum Gasteiger partial charge on any atom is 0.147 e. The van der Waals surface area contributed by atoms with E-state index in [1.165, 1.54) is 17.5 Å². The van der Waals surface area contributed by atoms with Gasteiger partial charge in [0.05, 0.1) is 33.3 Å². The van der Waals surface area contributed by atoms with Crippen LogP contribution in [0.4, 0.5) is 0 Å². The van der Waals surface area contributed by atoms with Gasteiger partial charge in [-0.3, -0.25) is 0 Å². The van der Waals surface area contributed by atoms with Crippen LogP contribution in [0.2, 0.25) is 25.7 Å². The largest absolute Gasteiger partial charge is 0.361 e. The zero-order valence-electron chi connectivity index (χ0n) is 27.4. The van der Waals surface area contributed by atoms with Gasteiger partial charge in [0.1, 0.15) is 42.8 Å². The predicted molar refractivity (Wildman–Crippen MR) is 185 cm³/mol. The molecule has 10 heteroatoms. The fourth-order valence-corrected chi connectivity index (χ4v) is 6.22. The standard InChI is InChI=1S/C21H26N4OSi.C15H12N4/c1-15-6-7-18(16(2)10-15)20-19-17(11-22)12-25(21(19)24-13-23-20)14-26-8-9-27(3,4)5;1-9-3-4-12(10(2)5-9)14-13-11(6-16)7-17-15(13)19-8-18-14/h6-7,10,12-13H,8-9,14H2,1-5H3;3-5,7-8H,1-2H3,(H,17,18,19). The number of nitrogens with one attached hydrogen (secondary N) is 1. The molecule has 0 saturated carbocycles. The van der Waals surface area contributed by atoms with E-state index in [9.17, 15) is 10.5 Å². The Hall–Kier alpha value is -5.16. The SMILES string of the molecule is Cc1ccc(-c2ncnc3[nH]cc(C#N)c23)c(C)c1.Cc1ccc(-c2ncnc3c2c(C#N)cn3COCC[Si](C)(C)C)c(C)c1. The highest BCUT2D eigenvalue weighted by Gasteiger charge is 2.18. The van der Waals surface area contributed by atoms with Crippen molar-refractivity contribution in [3.63, 3.8) is 0 Å². The summed E-state index contributed by atoms with van der Waals surface area (Å²) in [6.07, 6.45) is 6.58. The normalized spacial score (nSPS) is 11.2. The van der Waals surface area contributed by atoms with Gasteiger partial charge < -0.3 is 14.3 Å². The third-order valence-electron chi connectivity index (χ3n) is 7.87. The topological polar surface area (TPSA) is 129 Å². The van der Waals surface area contributed by atoms with Gasteiger partial charge in [-0.1, -0.05) is 67.2 Å². The minimum absolute atomic E-state index is 0.395. The smallest absolute Gasteiger partial charge is 0.147 e. The molecular weight excluding hydrogens is 589 g/mol. The van der Waals surface area contributed by atoms with Gasteiger partial charge in [0.15, 0.2) is 0 Å². The summed E-state index contributed by atoms with van der Waals surface area (Å²) in [5, 5.41) is 20.4. The molecule has 0 radical (unpaired) electrons. The number of aromatic amines is 1. The fraction of sp³-hybridized carbons (Fsp3) is 0.278. The third kappa shape index (κ3) is 6.89. The summed E-state index contributed by atoms with van der Waals surface area (Å²) < 4.78 is 7.78. The van der Waals surface area contributed by atoms with Crippen molar-refractivity contribution < 1.29 is 4.74 Å². The van der Waals surface area contributed by atoms with Gasteiger partial charge in [0.25, 0.3) is 0 Å². The van der Waals surface area contributed by atoms with Crippen LogP contribution in [0.3, 0.4) is 0 Å². The molecule has 0 bridgehead atoms. The Morgan fingerprint density at radius 2 is 1.37 bits per heavy atom. The van der Waals surface area contributed by atoms with E-state index in [1.54, 1.807) is 12.5 Å². The fourth-order valence-electron chi connectivity index (χ4n) is 5.47. The second kappa shape index (κ2) is 13.5. The minimum atomic E-state index is -1.13. The van der Waals surface area contributed by atoms with Crippen LogP contribution in [0, 0.1) is 50.4 Å². The Kier molecular flexibility index (Phi) is 9.43. The highest BCUT2D eigenvalue weighted by atomic mass is 28.3. The lowest BCUT2D eigenvalue weighted by Gasteiger charge is -2.15. The third-order valence-corrected chi connectivity index (χ3v) is 9.57. The second-order valence-corrected chi connectivity index (χ2v) is 18.4. The van der Waals surface area contributed by atoms with Crippen LogP contribution in [0.15, 0.2) is 61.4 Å². The Balaban J connectivity index is 0.000000192. The Morgan fingerprint density at radius 1 is 0.783 bits per heavy atom. The molecule has 4 aromatic heterocycles. The van der Waals surface area contributed by atoms with Crippen molar-refractivity contribution in [3.05, 3.63) is 94.8 Å². The lowest BCUT2D eigenvalue weighted by atomic mass is 10.00. The molecule has 6 rings (SSSR count). The Bertz CT molecular complexity index is 2130. The molecule has 0 amide bonds. The van der Waals surface area contributed by atoms with E-state index in [2.05, 4.69) is 115 Å². The van der Waals surface area contributed by atoms with E-state index in [0.717, 1.165) is 62.7 Å². The van der Waals surface area contributed by atoms with E-state index >= 15 is 0 Å². The highest BCUT2D eigenvalue weighted by molar-refractivity contribution is 6.76. The Morgan fingerprint density at radius 3 is 1.93 bits per heavy atom. The van der Waals surface area contributed by atoms with E-state index < -0.39 is 8.07 Å². The lowest BCUT2D eigenvalue weighted by molar-refractivity contribution is 0.0898. The summed E-state index contributed by atoms with van der Waals surface area (Å²) in [4.78, 5) is 20.5. The van der Waals surface area contributed by atoms with Gasteiger partial charge in [-0.2, -0.15) is 10.5 Å². The summed E-state index contributed by atoms with van der Waals surface area (Å²) in [5.41, 5.74) is 11.0. The molecular formula is C36H38N8OSi. The van der Waals surface area contributed by atoms with Gasteiger partial charge in [-0.25, -0.2) is 19.9 Å². The van der Waals surface area contributed by atoms with Crippen LogP contribution in [0.1, 0.15) is 33.4 Å². The number of fused-ring (bicyclic) bond motifs is 2. The maximum atomic E-state index is 9.66. The molecule has 0 atom stereocenters. The first-order valence-corrected chi connectivity index (χ1v) is 18.9. The first kappa shape index (κ1) is 32.2. The van der Waals surface area contributed by atoms with Crippen molar-refractivity contribution in [2.45, 2.75) is 60.1 Å². The van der Waals surface area contributed by atoms with Gasteiger partial charge in [-0.05, 0) is 44.9 Å². The molecule has 0 unspecified atom stereocenters. The number of hydrogen-bond acceptors (Lipinski definition) is 7. The minimum Gasteiger partial charge on any atom is -0.361 e. The number of nitriles is 2. The van der Waals surface area contributed by atoms with Crippen LogP contribution in [0.5, 0.6) is 0 Å². The van der Waals surface area contributed by atoms with Gasteiger partial charge in [0.2, 0.25) is 0 Å². The molecule has 1 N–H and O–H groups in total. The molecule has 0 aliphatic carbocycles. The van der Waals surface area contributed by atoms with E-state index in [0.29, 0.717) is 23.5 Å². The number of rotatable bonds is 7. The number of nitrogens with zero attached hydrogens (tertiary/aromatic N) is 7. The summed E-state index contributed by atoms with van der Waals surface area (Å²) >= 11 is 0. The summed E-state index contributed by atoms with van der Waals surface area (Å²) in [5.74, 6) is 0. The molecule has 0 fully saturated rings. The highest BCUT2D eigenvalue weighted by Crippen LogP contribution is 2.32. The van der Waals surface area contributed by atoms with Gasteiger partial charge >= 0.3 is 0 Å². The molecule has 2 aromatic carbocycles. The number of ether oxygens (including phenoxy) is 1. The van der Waals surface area contributed by atoms with Crippen LogP contribution < -0.4 is 0 Å². The monoisotopic (exact) mass is 626 g/mol. The number of H-pyrrole nitrogens is 1. The Labute approximate surface area is 270 Å². The molecule has 4 heterocycles. The van der Waals surface area contributed by atoms with Crippen LogP contribution in [-0.4, -0.2) is 44.2 Å². The lowest BCUT2D eigenvalue weighted by Crippen LogP contribution is -2.22. The average Bonchev–Trinajstić information content (AvgIpc) is 3.61. The van der Waals surface area contributed by atoms with Crippen LogP contribution >= 0.6 is 0 Å². The zero-order valence-corrected chi connectivity index (χ0v) is 28.4. The zero-order chi connectivity index (χ0) is 33.0. The maximum absolute atomic E-state index is 9.66. The first-order chi connectivity index (χ1) is 22.0. The number of hydrogen-bond donors (Lipinski definition) is 1. The summed E-state index contributed by atoms with van der Waals surface area (Å²) in [6.45, 7) is 16.4. The molecule has 0 saturated heterocycles. The quantitative estimate of drug-likeness (QED) is 0.140. The molecule has 6 aromatic rings. The number of aryl methyl sites for hydroxylation is 4. The van der Waals surface area contributed by atoms with Crippen molar-refractivity contribution in [2.75, 3.05) is 6.61 Å². The first-order valence-electron chi connectivity index (χ1n) is 15.2. The molecule has 0 spiro atoms. The van der Waals surface area contributed by atoms with Gasteiger partial charge in [0, 0.05) is 38.2 Å². The summed E-state index contributed by atoms with van der Waals surface area (Å²) in [6, 6.07) is 18.1. The van der Waals surface area contributed by atoms with Crippen LogP contribution in [0.25, 0.3) is 44.6 Å². The second-order valence-electron chi connectivity index (χ2n) is 12.8. The van der Waals surface area contributed by atoms with Crippen molar-refractivity contribution >= 4 is 30.1 Å².